The molecule has 8 nitrogen and oxygen atoms in total. The molecule has 1 aliphatic carbocycles. The first kappa shape index (κ1) is 26.9. The number of hydrogen-bond donors (Lipinski definition) is 1. The highest BCUT2D eigenvalue weighted by molar-refractivity contribution is 5.98. The second-order valence-electron chi connectivity index (χ2n) is 11.3. The number of likely N-dealkylation sites (tertiary alicyclic amines) is 1. The van der Waals surface area contributed by atoms with Gasteiger partial charge in [0, 0.05) is 12.6 Å². The van der Waals surface area contributed by atoms with Gasteiger partial charge in [0.05, 0.1) is 30.6 Å². The van der Waals surface area contributed by atoms with Crippen LogP contribution in [0.2, 0.25) is 0 Å². The predicted octanol–water partition coefficient (Wildman–Crippen LogP) is 2.84. The topological polar surface area (TPSA) is 96.4 Å². The molecular weight excluding hydrogens is 460 g/mol. The Morgan fingerprint density at radius 2 is 1.94 bits per heavy atom. The lowest BCUT2D eigenvalue weighted by atomic mass is 9.70. The second-order valence-corrected chi connectivity index (χ2v) is 11.3. The van der Waals surface area contributed by atoms with Crippen molar-refractivity contribution in [3.63, 3.8) is 0 Å². The van der Waals surface area contributed by atoms with Crippen LogP contribution >= 0.6 is 0 Å². The molecule has 1 spiro atoms. The molecule has 2 amide bonds. The van der Waals surface area contributed by atoms with Crippen molar-refractivity contribution in [3.05, 3.63) is 25.3 Å². The number of esters is 1. The third-order valence-corrected chi connectivity index (χ3v) is 8.56. The third-order valence-electron chi connectivity index (χ3n) is 8.56. The Hall–Kier alpha value is -2.19. The fourth-order valence-corrected chi connectivity index (χ4v) is 7.20. The van der Waals surface area contributed by atoms with Crippen LogP contribution in [0.15, 0.2) is 25.3 Å². The minimum atomic E-state index is -1.09. The van der Waals surface area contributed by atoms with E-state index in [0.29, 0.717) is 25.8 Å². The van der Waals surface area contributed by atoms with Gasteiger partial charge in [-0.1, -0.05) is 51.8 Å². The summed E-state index contributed by atoms with van der Waals surface area (Å²) in [5.41, 5.74) is -1.09. The zero-order valence-electron chi connectivity index (χ0n) is 21.8. The van der Waals surface area contributed by atoms with E-state index < -0.39 is 41.6 Å². The molecule has 3 saturated heterocycles. The van der Waals surface area contributed by atoms with Crippen LogP contribution in [0, 0.1) is 17.8 Å². The lowest BCUT2D eigenvalue weighted by Crippen LogP contribution is -2.60. The number of hydrogen-bond acceptors (Lipinski definition) is 6. The van der Waals surface area contributed by atoms with E-state index in [4.69, 9.17) is 9.47 Å². The SMILES string of the molecule is C=CCOC(=O)[C@@H]1[C@@H]2CCC3(O2)C(C(=O)N(CC=C)C2CCCCC2)N([C@@H](CO)CC(C)C)C(=O)[C@H]13. The molecule has 0 aromatic carbocycles. The molecular formula is C28H42N2O6. The first-order valence-electron chi connectivity index (χ1n) is 13.6. The van der Waals surface area contributed by atoms with Crippen LogP contribution < -0.4 is 0 Å². The number of carbonyl (C=O) groups excluding carboxylic acids is 3. The molecule has 1 N–H and O–H groups in total. The summed E-state index contributed by atoms with van der Waals surface area (Å²) in [7, 11) is 0. The molecule has 3 heterocycles. The van der Waals surface area contributed by atoms with Crippen LogP contribution in [-0.4, -0.2) is 82.3 Å². The van der Waals surface area contributed by atoms with Crippen LogP contribution in [0.25, 0.3) is 0 Å². The van der Waals surface area contributed by atoms with E-state index in [9.17, 15) is 19.5 Å². The molecule has 4 fully saturated rings. The summed E-state index contributed by atoms with van der Waals surface area (Å²) in [4.78, 5) is 45.1. The quantitative estimate of drug-likeness (QED) is 0.345. The average molecular weight is 503 g/mol. The van der Waals surface area contributed by atoms with Crippen molar-refractivity contribution < 1.29 is 29.0 Å². The molecule has 0 aromatic heterocycles. The Bertz CT molecular complexity index is 868. The van der Waals surface area contributed by atoms with Gasteiger partial charge in [-0.3, -0.25) is 14.4 Å². The Kier molecular flexibility index (Phi) is 8.25. The maximum absolute atomic E-state index is 14.5. The number of ether oxygens (including phenoxy) is 2. The molecule has 36 heavy (non-hydrogen) atoms. The number of amides is 2. The van der Waals surface area contributed by atoms with Crippen LogP contribution in [0.1, 0.15) is 65.2 Å². The molecule has 6 atom stereocenters. The number of aliphatic hydroxyl groups is 1. The molecule has 4 rings (SSSR count). The summed E-state index contributed by atoms with van der Waals surface area (Å²) in [5.74, 6) is -2.25. The predicted molar refractivity (Wildman–Crippen MR) is 135 cm³/mol. The molecule has 0 aromatic rings. The lowest BCUT2D eigenvalue weighted by molar-refractivity contribution is -0.156. The van der Waals surface area contributed by atoms with Gasteiger partial charge < -0.3 is 24.4 Å². The van der Waals surface area contributed by atoms with Crippen molar-refractivity contribution in [2.45, 2.75) is 95.0 Å². The second kappa shape index (κ2) is 11.1. The van der Waals surface area contributed by atoms with Gasteiger partial charge in [0.15, 0.2) is 0 Å². The van der Waals surface area contributed by atoms with Gasteiger partial charge in [0.25, 0.3) is 0 Å². The van der Waals surface area contributed by atoms with E-state index in [1.807, 2.05) is 18.7 Å². The van der Waals surface area contributed by atoms with E-state index in [1.54, 1.807) is 11.0 Å². The number of nitrogens with zero attached hydrogens (tertiary/aromatic N) is 2. The zero-order chi connectivity index (χ0) is 26.0. The van der Waals surface area contributed by atoms with E-state index in [1.165, 1.54) is 6.08 Å². The highest BCUT2D eigenvalue weighted by Gasteiger charge is 2.75. The number of aliphatic hydroxyl groups excluding tert-OH is 1. The number of carbonyl (C=O) groups is 3. The van der Waals surface area contributed by atoms with Crippen LogP contribution in [0.5, 0.6) is 0 Å². The standard InChI is InChI=1S/C28H42N2O6/c1-5-14-29(19-10-8-7-9-11-19)26(33)24-28-13-12-21(36-28)22(27(34)35-15-6-2)23(28)25(32)30(24)20(17-31)16-18(3)4/h5-6,18-24,31H,1-2,7-17H2,3-4H3/t20-,21+,22-,23+,24?,28?/m1/s1. The highest BCUT2D eigenvalue weighted by Crippen LogP contribution is 2.59. The average Bonchev–Trinajstić information content (AvgIpc) is 3.51. The molecule has 0 radical (unpaired) electrons. The first-order valence-corrected chi connectivity index (χ1v) is 13.6. The lowest BCUT2D eigenvalue weighted by Gasteiger charge is -2.42. The van der Waals surface area contributed by atoms with Crippen LogP contribution in [0.4, 0.5) is 0 Å². The maximum atomic E-state index is 14.5. The van der Waals surface area contributed by atoms with Gasteiger partial charge in [-0.05, 0) is 38.0 Å². The fraction of sp³-hybridized carbons (Fsp3) is 0.750. The highest BCUT2D eigenvalue weighted by atomic mass is 16.6. The molecule has 200 valence electrons. The van der Waals surface area contributed by atoms with E-state index >= 15 is 0 Å². The summed E-state index contributed by atoms with van der Waals surface area (Å²) >= 11 is 0. The number of fused-ring (bicyclic) bond motifs is 1. The fourth-order valence-electron chi connectivity index (χ4n) is 7.20. The summed E-state index contributed by atoms with van der Waals surface area (Å²) in [6.07, 6.45) is 9.59. The van der Waals surface area contributed by atoms with Gasteiger partial charge in [0.1, 0.15) is 18.2 Å². The minimum absolute atomic E-state index is 0.0590. The van der Waals surface area contributed by atoms with Crippen molar-refractivity contribution in [3.8, 4) is 0 Å². The van der Waals surface area contributed by atoms with Crippen molar-refractivity contribution in [2.24, 2.45) is 17.8 Å². The summed E-state index contributed by atoms with van der Waals surface area (Å²) in [6.45, 7) is 11.8. The van der Waals surface area contributed by atoms with Gasteiger partial charge in [-0.25, -0.2) is 0 Å². The van der Waals surface area contributed by atoms with Gasteiger partial charge >= 0.3 is 5.97 Å². The summed E-state index contributed by atoms with van der Waals surface area (Å²) in [5, 5.41) is 10.4. The molecule has 2 bridgehead atoms. The van der Waals surface area contributed by atoms with E-state index in [-0.39, 0.29) is 37.0 Å². The molecule has 1 saturated carbocycles. The van der Waals surface area contributed by atoms with E-state index in [2.05, 4.69) is 13.2 Å². The van der Waals surface area contributed by atoms with Crippen molar-refractivity contribution >= 4 is 17.8 Å². The Labute approximate surface area is 214 Å². The Morgan fingerprint density at radius 1 is 1.22 bits per heavy atom. The van der Waals surface area contributed by atoms with Crippen LogP contribution in [-0.2, 0) is 23.9 Å². The van der Waals surface area contributed by atoms with Crippen molar-refractivity contribution in [2.75, 3.05) is 19.8 Å². The normalized spacial score (nSPS) is 32.4. The van der Waals surface area contributed by atoms with E-state index in [0.717, 1.165) is 32.1 Å². The van der Waals surface area contributed by atoms with Crippen molar-refractivity contribution in [1.29, 1.82) is 0 Å². The van der Waals surface area contributed by atoms with Crippen molar-refractivity contribution in [1.82, 2.24) is 9.80 Å². The summed E-state index contributed by atoms with van der Waals surface area (Å²) < 4.78 is 11.9. The third kappa shape index (κ3) is 4.51. The zero-order valence-corrected chi connectivity index (χ0v) is 21.8. The van der Waals surface area contributed by atoms with Gasteiger partial charge in [-0.15, -0.1) is 6.58 Å². The largest absolute Gasteiger partial charge is 0.461 e. The monoisotopic (exact) mass is 502 g/mol. The molecule has 8 heteroatoms. The minimum Gasteiger partial charge on any atom is -0.461 e. The number of rotatable bonds is 11. The van der Waals surface area contributed by atoms with Gasteiger partial charge in [-0.2, -0.15) is 0 Å². The maximum Gasteiger partial charge on any atom is 0.312 e. The first-order chi connectivity index (χ1) is 17.3. The molecule has 4 aliphatic rings. The van der Waals surface area contributed by atoms with Crippen LogP contribution in [0.3, 0.4) is 0 Å². The molecule has 2 unspecified atom stereocenters. The Balaban J connectivity index is 1.75. The molecule has 3 aliphatic heterocycles. The Morgan fingerprint density at radius 3 is 2.56 bits per heavy atom. The smallest absolute Gasteiger partial charge is 0.312 e. The summed E-state index contributed by atoms with van der Waals surface area (Å²) in [6, 6.07) is -1.33. The van der Waals surface area contributed by atoms with Gasteiger partial charge in [0.2, 0.25) is 11.8 Å².